The van der Waals surface area contributed by atoms with Crippen LogP contribution < -0.4 is 15.4 Å². The molecule has 0 radical (unpaired) electrons. The van der Waals surface area contributed by atoms with Crippen molar-refractivity contribution in [3.8, 4) is 5.75 Å². The zero-order valence-electron chi connectivity index (χ0n) is 11.7. The van der Waals surface area contributed by atoms with Gasteiger partial charge in [-0.15, -0.1) is 11.6 Å². The number of urea groups is 1. The predicted octanol–water partition coefficient (Wildman–Crippen LogP) is 3.67. The van der Waals surface area contributed by atoms with Crippen LogP contribution >= 0.6 is 23.2 Å². The Bertz CT molecular complexity index is 638. The van der Waals surface area contributed by atoms with Crippen molar-refractivity contribution >= 4 is 35.1 Å². The van der Waals surface area contributed by atoms with Gasteiger partial charge in [-0.1, -0.05) is 29.8 Å². The van der Waals surface area contributed by atoms with Crippen molar-refractivity contribution in [2.45, 2.75) is 6.61 Å². The number of carbonyl (C=O) groups is 1. The second-order valence-corrected chi connectivity index (χ2v) is 5.09. The molecule has 0 fully saturated rings. The predicted molar refractivity (Wildman–Crippen MR) is 87.8 cm³/mol. The molecule has 1 aromatic heterocycles. The van der Waals surface area contributed by atoms with Crippen molar-refractivity contribution in [1.82, 2.24) is 10.3 Å². The summed E-state index contributed by atoms with van der Waals surface area (Å²) in [6, 6.07) is 10.5. The highest BCUT2D eigenvalue weighted by Crippen LogP contribution is 2.23. The van der Waals surface area contributed by atoms with E-state index in [9.17, 15) is 4.79 Å². The molecule has 0 atom stereocenters. The molecule has 22 heavy (non-hydrogen) atoms. The number of alkyl halides is 1. The van der Waals surface area contributed by atoms with E-state index in [-0.39, 0.29) is 12.6 Å². The Labute approximate surface area is 138 Å². The maximum Gasteiger partial charge on any atom is 0.320 e. The lowest BCUT2D eigenvalue weighted by molar-refractivity contribution is 0.252. The molecule has 2 N–H and O–H groups in total. The lowest BCUT2D eigenvalue weighted by Crippen LogP contribution is -2.30. The molecule has 0 unspecified atom stereocenters. The Balaban J connectivity index is 2.02. The van der Waals surface area contributed by atoms with Gasteiger partial charge in [0.05, 0.1) is 0 Å². The quantitative estimate of drug-likeness (QED) is 0.789. The minimum absolute atomic E-state index is 0.281. The first-order chi connectivity index (χ1) is 10.7. The van der Waals surface area contributed by atoms with Crippen molar-refractivity contribution < 1.29 is 9.53 Å². The fourth-order valence-corrected chi connectivity index (χ4v) is 1.97. The van der Waals surface area contributed by atoms with Gasteiger partial charge in [-0.25, -0.2) is 9.78 Å². The van der Waals surface area contributed by atoms with Crippen LogP contribution in [0.2, 0.25) is 5.02 Å². The van der Waals surface area contributed by atoms with Crippen LogP contribution in [-0.2, 0) is 6.61 Å². The Morgan fingerprint density at radius 1 is 1.23 bits per heavy atom. The Morgan fingerprint density at radius 2 is 2.05 bits per heavy atom. The molecule has 0 aliphatic carbocycles. The number of ether oxygens (including phenoxy) is 1. The first-order valence-corrected chi connectivity index (χ1v) is 7.54. The summed E-state index contributed by atoms with van der Waals surface area (Å²) in [6.45, 7) is 0.652. The summed E-state index contributed by atoms with van der Waals surface area (Å²) in [5.74, 6) is 1.14. The summed E-state index contributed by atoms with van der Waals surface area (Å²) >= 11 is 11.6. The van der Waals surface area contributed by atoms with Crippen molar-refractivity contribution in [2.75, 3.05) is 17.7 Å². The minimum atomic E-state index is -0.387. The average Bonchev–Trinajstić information content (AvgIpc) is 2.53. The number of amides is 2. The number of benzene rings is 1. The van der Waals surface area contributed by atoms with Crippen molar-refractivity contribution in [3.05, 3.63) is 53.2 Å². The molecule has 1 aromatic carbocycles. The van der Waals surface area contributed by atoms with E-state index in [1.807, 2.05) is 18.2 Å². The number of aromatic nitrogens is 1. The van der Waals surface area contributed by atoms with Crippen LogP contribution in [0.1, 0.15) is 5.56 Å². The number of pyridine rings is 1. The van der Waals surface area contributed by atoms with E-state index in [1.165, 1.54) is 0 Å². The van der Waals surface area contributed by atoms with E-state index in [2.05, 4.69) is 15.6 Å². The summed E-state index contributed by atoms with van der Waals surface area (Å²) < 4.78 is 5.69. The highest BCUT2D eigenvalue weighted by atomic mass is 35.5. The summed E-state index contributed by atoms with van der Waals surface area (Å²) in [5, 5.41) is 5.84. The van der Waals surface area contributed by atoms with Gasteiger partial charge in [-0.05, 0) is 18.2 Å². The van der Waals surface area contributed by atoms with E-state index in [4.69, 9.17) is 27.9 Å². The van der Waals surface area contributed by atoms with Crippen LogP contribution in [0.5, 0.6) is 5.75 Å². The maximum atomic E-state index is 11.7. The maximum absolute atomic E-state index is 11.7. The molecule has 116 valence electrons. The molecule has 0 spiro atoms. The van der Waals surface area contributed by atoms with Crippen molar-refractivity contribution in [1.29, 1.82) is 0 Å². The molecule has 0 bridgehead atoms. The number of hydrogen-bond donors (Lipinski definition) is 2. The molecule has 2 rings (SSSR count). The highest BCUT2D eigenvalue weighted by molar-refractivity contribution is 6.31. The van der Waals surface area contributed by atoms with Crippen LogP contribution in [-0.4, -0.2) is 23.4 Å². The average molecular weight is 340 g/mol. The molecule has 0 saturated carbocycles. The molecule has 1 heterocycles. The fraction of sp³-hybridized carbons (Fsp3) is 0.200. The second-order valence-electron chi connectivity index (χ2n) is 4.30. The third kappa shape index (κ3) is 4.79. The molecule has 0 aliphatic heterocycles. The highest BCUT2D eigenvalue weighted by Gasteiger charge is 2.09. The number of anilines is 1. The van der Waals surface area contributed by atoms with Crippen LogP contribution in [0.15, 0.2) is 42.6 Å². The van der Waals surface area contributed by atoms with Crippen LogP contribution in [0, 0.1) is 0 Å². The lowest BCUT2D eigenvalue weighted by atomic mass is 10.2. The third-order valence-corrected chi connectivity index (χ3v) is 3.28. The van der Waals surface area contributed by atoms with Gasteiger partial charge in [0.15, 0.2) is 11.6 Å². The minimum Gasteiger partial charge on any atom is -0.485 e. The second kappa shape index (κ2) is 8.46. The summed E-state index contributed by atoms with van der Waals surface area (Å²) in [7, 11) is 0. The van der Waals surface area contributed by atoms with E-state index < -0.39 is 0 Å². The van der Waals surface area contributed by atoms with Crippen molar-refractivity contribution in [3.63, 3.8) is 0 Å². The van der Waals surface area contributed by atoms with Crippen LogP contribution in [0.25, 0.3) is 0 Å². The number of nitrogens with one attached hydrogen (secondary N) is 2. The SMILES string of the molecule is O=C(NCCCl)Nc1ncccc1OCc1ccccc1Cl. The first-order valence-electron chi connectivity index (χ1n) is 6.62. The van der Waals surface area contributed by atoms with Gasteiger partial charge in [-0.2, -0.15) is 0 Å². The van der Waals surface area contributed by atoms with Gasteiger partial charge in [-0.3, -0.25) is 5.32 Å². The van der Waals surface area contributed by atoms with Crippen LogP contribution in [0.3, 0.4) is 0 Å². The number of halogens is 2. The topological polar surface area (TPSA) is 63.2 Å². The Morgan fingerprint density at radius 3 is 2.82 bits per heavy atom. The van der Waals surface area contributed by atoms with Crippen molar-refractivity contribution in [2.24, 2.45) is 0 Å². The summed E-state index contributed by atoms with van der Waals surface area (Å²) in [5.41, 5.74) is 0.852. The standard InChI is InChI=1S/C15H15Cl2N3O2/c16-7-9-19-15(21)20-14-13(6-3-8-18-14)22-10-11-4-1-2-5-12(11)17/h1-6,8H,7,9-10H2,(H2,18,19,20,21). The zero-order chi connectivity index (χ0) is 15.8. The lowest BCUT2D eigenvalue weighted by Gasteiger charge is -2.12. The number of hydrogen-bond acceptors (Lipinski definition) is 3. The molecular weight excluding hydrogens is 325 g/mol. The molecular formula is C15H15Cl2N3O2. The van der Waals surface area contributed by atoms with Gasteiger partial charge in [0.1, 0.15) is 6.61 Å². The Kier molecular flexibility index (Phi) is 6.30. The molecule has 2 amide bonds. The van der Waals surface area contributed by atoms with Gasteiger partial charge < -0.3 is 10.1 Å². The van der Waals surface area contributed by atoms with Crippen LogP contribution in [0.4, 0.5) is 10.6 Å². The fourth-order valence-electron chi connectivity index (χ4n) is 1.68. The number of carbonyl (C=O) groups excluding carboxylic acids is 1. The molecule has 7 heteroatoms. The zero-order valence-corrected chi connectivity index (χ0v) is 13.2. The van der Waals surface area contributed by atoms with Gasteiger partial charge >= 0.3 is 6.03 Å². The summed E-state index contributed by atoms with van der Waals surface area (Å²) in [4.78, 5) is 15.8. The van der Waals surface area contributed by atoms with Gasteiger partial charge in [0, 0.05) is 29.2 Å². The van der Waals surface area contributed by atoms with E-state index >= 15 is 0 Å². The molecule has 5 nitrogen and oxygen atoms in total. The normalized spacial score (nSPS) is 10.1. The van der Waals surface area contributed by atoms with E-state index in [0.717, 1.165) is 5.56 Å². The van der Waals surface area contributed by atoms with Gasteiger partial charge in [0.25, 0.3) is 0 Å². The summed E-state index contributed by atoms with van der Waals surface area (Å²) in [6.07, 6.45) is 1.57. The smallest absolute Gasteiger partial charge is 0.320 e. The Hall–Kier alpha value is -1.98. The first kappa shape index (κ1) is 16.4. The van der Waals surface area contributed by atoms with E-state index in [0.29, 0.717) is 29.0 Å². The number of nitrogens with zero attached hydrogens (tertiary/aromatic N) is 1. The molecule has 0 saturated heterocycles. The third-order valence-electron chi connectivity index (χ3n) is 2.72. The molecule has 2 aromatic rings. The number of rotatable bonds is 6. The monoisotopic (exact) mass is 339 g/mol. The largest absolute Gasteiger partial charge is 0.485 e. The van der Waals surface area contributed by atoms with E-state index in [1.54, 1.807) is 24.4 Å². The molecule has 0 aliphatic rings. The van der Waals surface area contributed by atoms with Gasteiger partial charge in [0.2, 0.25) is 0 Å².